The molecule has 0 unspecified atom stereocenters. The van der Waals surface area contributed by atoms with Gasteiger partial charge in [-0.15, -0.1) is 6.58 Å². The van der Waals surface area contributed by atoms with E-state index in [1.54, 1.807) is 0 Å². The van der Waals surface area contributed by atoms with Crippen LogP contribution in [0.2, 0.25) is 0 Å². The van der Waals surface area contributed by atoms with Crippen molar-refractivity contribution in [2.75, 3.05) is 19.6 Å². The molecule has 0 heterocycles. The SMILES string of the molecule is C=CCN(CC1(CN)CCC1)C(C)(C)C. The zero-order valence-electron chi connectivity index (χ0n) is 10.6. The minimum atomic E-state index is 0.214. The average Bonchev–Trinajstić information content (AvgIpc) is 2.07. The topological polar surface area (TPSA) is 29.3 Å². The third kappa shape index (κ3) is 3.05. The highest BCUT2D eigenvalue weighted by Gasteiger charge is 2.38. The van der Waals surface area contributed by atoms with Crippen LogP contribution in [0.3, 0.4) is 0 Å². The first-order valence-electron chi connectivity index (χ1n) is 6.00. The third-order valence-corrected chi connectivity index (χ3v) is 3.67. The van der Waals surface area contributed by atoms with Gasteiger partial charge in [0, 0.05) is 18.6 Å². The summed E-state index contributed by atoms with van der Waals surface area (Å²) in [4.78, 5) is 2.49. The zero-order valence-corrected chi connectivity index (χ0v) is 10.6. The lowest BCUT2D eigenvalue weighted by Crippen LogP contribution is -2.52. The number of hydrogen-bond acceptors (Lipinski definition) is 2. The van der Waals surface area contributed by atoms with Crippen molar-refractivity contribution in [3.05, 3.63) is 12.7 Å². The lowest BCUT2D eigenvalue weighted by molar-refractivity contribution is 0.0349. The molecule has 0 aromatic carbocycles. The maximum absolute atomic E-state index is 5.90. The minimum Gasteiger partial charge on any atom is -0.330 e. The summed E-state index contributed by atoms with van der Waals surface area (Å²) in [6.45, 7) is 13.5. The fourth-order valence-corrected chi connectivity index (χ4v) is 2.24. The van der Waals surface area contributed by atoms with Gasteiger partial charge in [0.15, 0.2) is 0 Å². The van der Waals surface area contributed by atoms with Crippen molar-refractivity contribution in [2.24, 2.45) is 11.1 Å². The molecule has 0 aromatic rings. The number of rotatable bonds is 5. The molecular weight excluding hydrogens is 184 g/mol. The summed E-state index contributed by atoms with van der Waals surface area (Å²) in [5, 5.41) is 0. The first kappa shape index (κ1) is 12.7. The van der Waals surface area contributed by atoms with E-state index >= 15 is 0 Å². The van der Waals surface area contributed by atoms with Gasteiger partial charge in [-0.2, -0.15) is 0 Å². The summed E-state index contributed by atoms with van der Waals surface area (Å²) in [7, 11) is 0. The van der Waals surface area contributed by atoms with Crippen molar-refractivity contribution in [3.63, 3.8) is 0 Å². The Morgan fingerprint density at radius 2 is 2.00 bits per heavy atom. The molecule has 0 bridgehead atoms. The van der Waals surface area contributed by atoms with Gasteiger partial charge < -0.3 is 5.73 Å². The Hall–Kier alpha value is -0.340. The Kier molecular flexibility index (Phi) is 3.96. The quantitative estimate of drug-likeness (QED) is 0.706. The Labute approximate surface area is 94.5 Å². The molecule has 0 spiro atoms. The van der Waals surface area contributed by atoms with E-state index < -0.39 is 0 Å². The fraction of sp³-hybridized carbons (Fsp3) is 0.846. The maximum atomic E-state index is 5.90. The van der Waals surface area contributed by atoms with Crippen LogP contribution in [-0.2, 0) is 0 Å². The van der Waals surface area contributed by atoms with Gasteiger partial charge in [0.05, 0.1) is 0 Å². The molecule has 88 valence electrons. The van der Waals surface area contributed by atoms with Crippen molar-refractivity contribution in [1.82, 2.24) is 4.90 Å². The van der Waals surface area contributed by atoms with Gasteiger partial charge in [-0.05, 0) is 45.6 Å². The highest BCUT2D eigenvalue weighted by molar-refractivity contribution is 4.95. The van der Waals surface area contributed by atoms with Gasteiger partial charge in [-0.25, -0.2) is 0 Å². The van der Waals surface area contributed by atoms with E-state index in [-0.39, 0.29) is 5.54 Å². The molecule has 0 atom stereocenters. The molecular formula is C13H26N2. The van der Waals surface area contributed by atoms with E-state index in [1.165, 1.54) is 19.3 Å². The van der Waals surface area contributed by atoms with Crippen LogP contribution >= 0.6 is 0 Å². The maximum Gasteiger partial charge on any atom is 0.0166 e. The predicted octanol–water partition coefficient (Wildman–Crippen LogP) is 2.40. The summed E-state index contributed by atoms with van der Waals surface area (Å²) in [6, 6.07) is 0. The second kappa shape index (κ2) is 4.67. The molecule has 1 saturated carbocycles. The minimum absolute atomic E-state index is 0.214. The Balaban J connectivity index is 2.61. The summed E-state index contributed by atoms with van der Waals surface area (Å²) in [5.74, 6) is 0. The van der Waals surface area contributed by atoms with E-state index in [1.807, 2.05) is 6.08 Å². The molecule has 1 fully saturated rings. The largest absolute Gasteiger partial charge is 0.330 e. The van der Waals surface area contributed by atoms with Crippen LogP contribution in [0, 0.1) is 5.41 Å². The van der Waals surface area contributed by atoms with Crippen LogP contribution in [0.15, 0.2) is 12.7 Å². The van der Waals surface area contributed by atoms with Crippen LogP contribution in [0.25, 0.3) is 0 Å². The molecule has 0 aromatic heterocycles. The summed E-state index contributed by atoms with van der Waals surface area (Å²) < 4.78 is 0. The second-order valence-corrected chi connectivity index (χ2v) is 5.90. The van der Waals surface area contributed by atoms with E-state index in [0.29, 0.717) is 5.41 Å². The summed E-state index contributed by atoms with van der Waals surface area (Å²) in [6.07, 6.45) is 5.94. The second-order valence-electron chi connectivity index (χ2n) is 5.90. The van der Waals surface area contributed by atoms with Crippen LogP contribution in [0.4, 0.5) is 0 Å². The van der Waals surface area contributed by atoms with E-state index in [0.717, 1.165) is 19.6 Å². The van der Waals surface area contributed by atoms with Crippen molar-refractivity contribution < 1.29 is 0 Å². The van der Waals surface area contributed by atoms with Gasteiger partial charge in [0.2, 0.25) is 0 Å². The zero-order chi connectivity index (χ0) is 11.5. The smallest absolute Gasteiger partial charge is 0.0166 e. The van der Waals surface area contributed by atoms with E-state index in [2.05, 4.69) is 32.3 Å². The van der Waals surface area contributed by atoms with Crippen molar-refractivity contribution in [1.29, 1.82) is 0 Å². The molecule has 2 nitrogen and oxygen atoms in total. The highest BCUT2D eigenvalue weighted by Crippen LogP contribution is 2.41. The summed E-state index contributed by atoms with van der Waals surface area (Å²) >= 11 is 0. The Morgan fingerprint density at radius 1 is 1.40 bits per heavy atom. The first-order chi connectivity index (χ1) is 6.93. The van der Waals surface area contributed by atoms with Gasteiger partial charge in [-0.3, -0.25) is 4.90 Å². The predicted molar refractivity (Wildman–Crippen MR) is 66.9 cm³/mol. The van der Waals surface area contributed by atoms with E-state index in [9.17, 15) is 0 Å². The molecule has 15 heavy (non-hydrogen) atoms. The number of nitrogens with zero attached hydrogens (tertiary/aromatic N) is 1. The first-order valence-corrected chi connectivity index (χ1v) is 6.00. The molecule has 2 heteroatoms. The normalized spacial score (nSPS) is 20.1. The van der Waals surface area contributed by atoms with Crippen molar-refractivity contribution in [2.45, 2.75) is 45.6 Å². The third-order valence-electron chi connectivity index (χ3n) is 3.67. The molecule has 1 aliphatic rings. The fourth-order valence-electron chi connectivity index (χ4n) is 2.24. The lowest BCUT2D eigenvalue weighted by atomic mass is 9.68. The van der Waals surface area contributed by atoms with Gasteiger partial charge in [0.25, 0.3) is 0 Å². The number of nitrogens with two attached hydrogens (primary N) is 1. The Morgan fingerprint density at radius 3 is 2.27 bits per heavy atom. The van der Waals surface area contributed by atoms with E-state index in [4.69, 9.17) is 5.73 Å². The molecule has 1 rings (SSSR count). The van der Waals surface area contributed by atoms with Crippen LogP contribution in [-0.4, -0.2) is 30.1 Å². The average molecular weight is 210 g/mol. The molecule has 0 aliphatic heterocycles. The van der Waals surface area contributed by atoms with Gasteiger partial charge in [0.1, 0.15) is 0 Å². The van der Waals surface area contributed by atoms with Crippen molar-refractivity contribution >= 4 is 0 Å². The van der Waals surface area contributed by atoms with Gasteiger partial charge >= 0.3 is 0 Å². The molecule has 1 aliphatic carbocycles. The Bertz CT molecular complexity index is 206. The standard InChI is InChI=1S/C13H26N2/c1-5-9-15(12(2,3)4)11-13(10-14)7-6-8-13/h5H,1,6-11,14H2,2-4H3. The monoisotopic (exact) mass is 210 g/mol. The summed E-state index contributed by atoms with van der Waals surface area (Å²) in [5.41, 5.74) is 6.52. The number of hydrogen-bond donors (Lipinski definition) is 1. The van der Waals surface area contributed by atoms with Crippen LogP contribution < -0.4 is 5.73 Å². The molecule has 0 amide bonds. The van der Waals surface area contributed by atoms with Crippen LogP contribution in [0.5, 0.6) is 0 Å². The van der Waals surface area contributed by atoms with Gasteiger partial charge in [-0.1, -0.05) is 12.5 Å². The lowest BCUT2D eigenvalue weighted by Gasteiger charge is -2.48. The molecule has 0 radical (unpaired) electrons. The van der Waals surface area contributed by atoms with Crippen LogP contribution in [0.1, 0.15) is 40.0 Å². The molecule has 2 N–H and O–H groups in total. The van der Waals surface area contributed by atoms with Crippen molar-refractivity contribution in [3.8, 4) is 0 Å². The molecule has 0 saturated heterocycles. The highest BCUT2D eigenvalue weighted by atomic mass is 15.2.